The standard InChI is InChI=1S/C22H28FN3O3.C21H26Cl2N4O2/c23-17-9-11-20(27)16(13-17)14-21(28)19(10-8-15-5-2-1-3-6-15)26-22(29)18(25)7-4-12-24;22-15-11-16(23)19(26-13-15)12-20(28)18(9-8-14-5-2-1-3-6-14)27-21(29)17(25)7-4-10-24/h1-3,5-6,9,11,13,18-19,27H,4,7-8,10,12,14,24-25H2,(H,26,29);1-3,5-6,11,13,17-18H,4,7-10,12,24-25H2,(H,27,29)/t18-,19+;17-,18+/m00/s1. The van der Waals surface area contributed by atoms with Gasteiger partial charge in [0.15, 0.2) is 11.6 Å². The molecule has 312 valence electrons. The average molecular weight is 839 g/mol. The van der Waals surface area contributed by atoms with Crippen molar-refractivity contribution in [1.82, 2.24) is 15.6 Å². The monoisotopic (exact) mass is 837 g/mol. The Kier molecular flexibility index (Phi) is 21.0. The largest absolute Gasteiger partial charge is 0.508 e. The number of phenolic OH excluding ortho intramolecular Hbond substituents is 1. The van der Waals surface area contributed by atoms with Crippen LogP contribution in [0.4, 0.5) is 4.39 Å². The van der Waals surface area contributed by atoms with Gasteiger partial charge in [0, 0.05) is 18.2 Å². The molecule has 0 saturated heterocycles. The molecule has 15 heteroatoms. The Balaban J connectivity index is 0.000000310. The fourth-order valence-electron chi connectivity index (χ4n) is 5.90. The van der Waals surface area contributed by atoms with Crippen LogP contribution in [0.2, 0.25) is 10.0 Å². The first-order chi connectivity index (χ1) is 27.8. The first-order valence-corrected chi connectivity index (χ1v) is 20.0. The minimum atomic E-state index is -0.797. The van der Waals surface area contributed by atoms with Crippen LogP contribution in [0.1, 0.15) is 60.9 Å². The number of halogens is 3. The van der Waals surface area contributed by atoms with Crippen molar-refractivity contribution < 1.29 is 28.7 Å². The number of nitrogens with zero attached hydrogens (tertiary/aromatic N) is 1. The van der Waals surface area contributed by atoms with Crippen molar-refractivity contribution in [3.63, 3.8) is 0 Å². The highest BCUT2D eigenvalue weighted by Gasteiger charge is 2.26. The van der Waals surface area contributed by atoms with Gasteiger partial charge in [-0.15, -0.1) is 0 Å². The molecule has 2 amide bonds. The van der Waals surface area contributed by atoms with E-state index >= 15 is 0 Å². The van der Waals surface area contributed by atoms with E-state index in [1.165, 1.54) is 12.3 Å². The zero-order chi connectivity index (χ0) is 42.5. The lowest BCUT2D eigenvalue weighted by Crippen LogP contribution is -2.49. The van der Waals surface area contributed by atoms with E-state index in [1.807, 2.05) is 60.7 Å². The number of Topliss-reactive ketones (excluding diaryl/α,β-unsaturated/α-hetero) is 2. The number of aromatic nitrogens is 1. The third-order valence-electron chi connectivity index (χ3n) is 9.28. The Bertz CT molecular complexity index is 1910. The molecule has 0 aliphatic heterocycles. The van der Waals surface area contributed by atoms with Gasteiger partial charge in [-0.25, -0.2) is 4.39 Å². The van der Waals surface area contributed by atoms with Crippen LogP contribution in [0, 0.1) is 5.82 Å². The van der Waals surface area contributed by atoms with E-state index in [1.54, 1.807) is 6.07 Å². The van der Waals surface area contributed by atoms with Gasteiger partial charge >= 0.3 is 0 Å². The highest BCUT2D eigenvalue weighted by Crippen LogP contribution is 2.21. The maximum absolute atomic E-state index is 13.5. The predicted molar refractivity (Wildman–Crippen MR) is 226 cm³/mol. The maximum atomic E-state index is 13.5. The maximum Gasteiger partial charge on any atom is 0.237 e. The van der Waals surface area contributed by atoms with Crippen molar-refractivity contribution in [2.75, 3.05) is 13.1 Å². The number of carbonyl (C=O) groups is 4. The van der Waals surface area contributed by atoms with E-state index in [4.69, 9.17) is 46.1 Å². The number of hydrogen-bond acceptors (Lipinski definition) is 10. The quantitative estimate of drug-likeness (QED) is 0.0586. The summed E-state index contributed by atoms with van der Waals surface area (Å²) in [7, 11) is 0. The van der Waals surface area contributed by atoms with Gasteiger partial charge in [-0.05, 0) is 99.8 Å². The van der Waals surface area contributed by atoms with E-state index in [0.29, 0.717) is 80.2 Å². The number of nitrogens with one attached hydrogen (secondary N) is 2. The number of benzene rings is 3. The Labute approximate surface area is 349 Å². The van der Waals surface area contributed by atoms with Crippen LogP contribution in [0.3, 0.4) is 0 Å². The smallest absolute Gasteiger partial charge is 0.237 e. The Hall–Kier alpha value is -4.76. The summed E-state index contributed by atoms with van der Waals surface area (Å²) in [5.41, 5.74) is 25.5. The predicted octanol–water partition coefficient (Wildman–Crippen LogP) is 4.51. The molecule has 12 nitrogen and oxygen atoms in total. The minimum Gasteiger partial charge on any atom is -0.508 e. The fraction of sp³-hybridized carbons (Fsp3) is 0.372. The second-order valence-electron chi connectivity index (χ2n) is 13.9. The molecule has 0 bridgehead atoms. The van der Waals surface area contributed by atoms with Crippen molar-refractivity contribution in [2.24, 2.45) is 22.9 Å². The van der Waals surface area contributed by atoms with Crippen LogP contribution in [0.25, 0.3) is 0 Å². The minimum absolute atomic E-state index is 0.00617. The summed E-state index contributed by atoms with van der Waals surface area (Å²) in [5, 5.41) is 16.1. The van der Waals surface area contributed by atoms with E-state index < -0.39 is 35.9 Å². The van der Waals surface area contributed by atoms with Crippen LogP contribution in [-0.2, 0) is 44.9 Å². The lowest BCUT2D eigenvalue weighted by Gasteiger charge is -2.20. The molecule has 4 rings (SSSR count). The van der Waals surface area contributed by atoms with E-state index in [2.05, 4.69) is 15.6 Å². The number of phenols is 1. The molecule has 0 saturated carbocycles. The number of aryl methyl sites for hydroxylation is 2. The second kappa shape index (κ2) is 25.6. The number of hydrogen-bond donors (Lipinski definition) is 7. The van der Waals surface area contributed by atoms with Crippen LogP contribution < -0.4 is 33.6 Å². The van der Waals surface area contributed by atoms with Gasteiger partial charge in [0.2, 0.25) is 11.8 Å². The van der Waals surface area contributed by atoms with Gasteiger partial charge in [-0.1, -0.05) is 83.9 Å². The molecule has 0 spiro atoms. The molecule has 0 aliphatic carbocycles. The molecule has 0 fully saturated rings. The number of nitrogens with two attached hydrogens (primary N) is 4. The summed E-state index contributed by atoms with van der Waals surface area (Å²) in [6.45, 7) is 0.883. The van der Waals surface area contributed by atoms with E-state index in [-0.39, 0.29) is 41.6 Å². The van der Waals surface area contributed by atoms with Crippen molar-refractivity contribution in [3.8, 4) is 5.75 Å². The van der Waals surface area contributed by atoms with Crippen molar-refractivity contribution in [1.29, 1.82) is 0 Å². The van der Waals surface area contributed by atoms with E-state index in [9.17, 15) is 28.7 Å². The molecule has 11 N–H and O–H groups in total. The lowest BCUT2D eigenvalue weighted by molar-refractivity contribution is -0.128. The van der Waals surface area contributed by atoms with Gasteiger partial charge in [0.05, 0.1) is 46.3 Å². The summed E-state index contributed by atoms with van der Waals surface area (Å²) in [5.74, 6) is -1.99. The highest BCUT2D eigenvalue weighted by molar-refractivity contribution is 6.34. The number of rotatable bonds is 22. The topological polar surface area (TPSA) is 230 Å². The summed E-state index contributed by atoms with van der Waals surface area (Å²) in [6, 6.07) is 21.4. The van der Waals surface area contributed by atoms with Gasteiger partial charge in [-0.2, -0.15) is 0 Å². The number of pyridine rings is 1. The third kappa shape index (κ3) is 17.0. The summed E-state index contributed by atoms with van der Waals surface area (Å²) in [6.07, 6.45) is 5.40. The first-order valence-electron chi connectivity index (χ1n) is 19.2. The molecule has 58 heavy (non-hydrogen) atoms. The molecule has 0 aliphatic rings. The van der Waals surface area contributed by atoms with Crippen molar-refractivity contribution >= 4 is 46.6 Å². The summed E-state index contributed by atoms with van der Waals surface area (Å²) in [4.78, 5) is 54.8. The molecule has 4 aromatic rings. The van der Waals surface area contributed by atoms with Crippen LogP contribution in [0.5, 0.6) is 5.75 Å². The summed E-state index contributed by atoms with van der Waals surface area (Å²) < 4.78 is 13.5. The Morgan fingerprint density at radius 2 is 1.17 bits per heavy atom. The third-order valence-corrected chi connectivity index (χ3v) is 9.82. The number of carbonyl (C=O) groups excluding carboxylic acids is 4. The zero-order valence-corrected chi connectivity index (χ0v) is 33.9. The van der Waals surface area contributed by atoms with Crippen LogP contribution in [0.15, 0.2) is 91.1 Å². The van der Waals surface area contributed by atoms with Crippen molar-refractivity contribution in [2.45, 2.75) is 88.4 Å². The molecule has 1 aromatic heterocycles. The highest BCUT2D eigenvalue weighted by atomic mass is 35.5. The molecule has 4 atom stereocenters. The van der Waals surface area contributed by atoms with Gasteiger partial charge in [0.25, 0.3) is 0 Å². The number of amides is 2. The average Bonchev–Trinajstić information content (AvgIpc) is 3.22. The molecular weight excluding hydrogens is 784 g/mol. The number of aromatic hydroxyl groups is 1. The Morgan fingerprint density at radius 1 is 0.690 bits per heavy atom. The van der Waals surface area contributed by atoms with Gasteiger partial charge in [0.1, 0.15) is 11.6 Å². The molecule has 1 heterocycles. The molecule has 3 aromatic carbocycles. The fourth-order valence-corrected chi connectivity index (χ4v) is 6.35. The molecular formula is C43H54Cl2FN7O5. The molecule has 0 unspecified atom stereocenters. The van der Waals surface area contributed by atoms with Gasteiger partial charge < -0.3 is 38.7 Å². The Morgan fingerprint density at radius 3 is 1.64 bits per heavy atom. The van der Waals surface area contributed by atoms with E-state index in [0.717, 1.165) is 23.3 Å². The zero-order valence-electron chi connectivity index (χ0n) is 32.4. The SMILES string of the molecule is NCCC[C@H](N)C(=O)N[C@H](CCc1ccccc1)C(=O)Cc1cc(F)ccc1O.NCCC[C@H](N)C(=O)N[C@H](CCc1ccccc1)C(=O)Cc1ncc(Cl)cc1Cl. The van der Waals surface area contributed by atoms with Crippen LogP contribution >= 0.6 is 23.2 Å². The summed E-state index contributed by atoms with van der Waals surface area (Å²) >= 11 is 12.0. The molecule has 0 radical (unpaired) electrons. The second-order valence-corrected chi connectivity index (χ2v) is 14.7. The first kappa shape index (κ1) is 47.6. The normalized spacial score (nSPS) is 12.9. The van der Waals surface area contributed by atoms with Crippen molar-refractivity contribution in [3.05, 3.63) is 129 Å². The number of ketones is 2. The van der Waals surface area contributed by atoms with Gasteiger partial charge in [-0.3, -0.25) is 24.2 Å². The lowest BCUT2D eigenvalue weighted by atomic mass is 9.97. The van der Waals surface area contributed by atoms with Crippen LogP contribution in [-0.4, -0.2) is 70.7 Å².